The van der Waals surface area contributed by atoms with Crippen LogP contribution in [0.15, 0.2) is 0 Å². The molecule has 0 aromatic rings. The van der Waals surface area contributed by atoms with Crippen LogP contribution in [0.5, 0.6) is 0 Å². The highest BCUT2D eigenvalue weighted by Gasteiger charge is 2.23. The summed E-state index contributed by atoms with van der Waals surface area (Å²) in [6, 6.07) is -1.04. The van der Waals surface area contributed by atoms with Gasteiger partial charge in [-0.25, -0.2) is 4.79 Å². The number of methoxy groups -OCH3 is 3. The molecular weight excluding hydrogens is 714 g/mol. The smallest absolute Gasteiger partial charge is 0.410 e. The quantitative estimate of drug-likeness (QED) is 0.0592. The molecule has 0 aromatic carbocycles. The van der Waals surface area contributed by atoms with Crippen LogP contribution >= 0.6 is 0 Å². The number of carbonyl (C=O) groups is 5. The first kappa shape index (κ1) is 50.8. The van der Waals surface area contributed by atoms with Crippen molar-refractivity contribution < 1.29 is 66.6 Å². The molecule has 19 heteroatoms. The van der Waals surface area contributed by atoms with E-state index in [1.54, 1.807) is 14.2 Å². The Morgan fingerprint density at radius 1 is 0.593 bits per heavy atom. The van der Waals surface area contributed by atoms with Crippen LogP contribution in [0.4, 0.5) is 4.79 Å². The van der Waals surface area contributed by atoms with Gasteiger partial charge in [-0.3, -0.25) is 24.1 Å². The van der Waals surface area contributed by atoms with Gasteiger partial charge in [0.05, 0.1) is 78.6 Å². The Balaban J connectivity index is 5.19. The van der Waals surface area contributed by atoms with Gasteiger partial charge in [0, 0.05) is 67.1 Å². The van der Waals surface area contributed by atoms with Crippen LogP contribution in [0.25, 0.3) is 0 Å². The molecule has 0 spiro atoms. The van der Waals surface area contributed by atoms with E-state index in [9.17, 15) is 24.0 Å². The predicted octanol–water partition coefficient (Wildman–Crippen LogP) is -0.360. The van der Waals surface area contributed by atoms with Gasteiger partial charge in [0.15, 0.2) is 0 Å². The van der Waals surface area contributed by atoms with Gasteiger partial charge in [0.1, 0.15) is 19.2 Å². The first-order chi connectivity index (χ1) is 26.2. The second-order valence-electron chi connectivity index (χ2n) is 11.8. The first-order valence-corrected chi connectivity index (χ1v) is 18.6. The molecule has 0 saturated heterocycles. The molecule has 0 rings (SSSR count). The second-order valence-corrected chi connectivity index (χ2v) is 11.8. The van der Waals surface area contributed by atoms with Gasteiger partial charge in [-0.15, -0.1) is 0 Å². The van der Waals surface area contributed by atoms with Crippen molar-refractivity contribution in [2.75, 3.05) is 140 Å². The van der Waals surface area contributed by atoms with Crippen molar-refractivity contribution in [1.82, 2.24) is 26.2 Å². The molecular formula is C35H67N5O14. The van der Waals surface area contributed by atoms with E-state index in [-0.39, 0.29) is 83.8 Å². The molecule has 0 saturated carbocycles. The van der Waals surface area contributed by atoms with Crippen molar-refractivity contribution in [2.24, 2.45) is 0 Å². The molecule has 0 aliphatic rings. The Morgan fingerprint density at radius 3 is 1.81 bits per heavy atom. The molecule has 0 aromatic heterocycles. The highest BCUT2D eigenvalue weighted by Crippen LogP contribution is 2.02. The maximum Gasteiger partial charge on any atom is 0.410 e. The lowest BCUT2D eigenvalue weighted by molar-refractivity contribution is -0.130. The minimum atomic E-state index is -1.04. The zero-order valence-corrected chi connectivity index (χ0v) is 33.1. The Labute approximate surface area is 320 Å². The van der Waals surface area contributed by atoms with Crippen LogP contribution in [-0.4, -0.2) is 187 Å². The topological polar surface area (TPSA) is 220 Å². The van der Waals surface area contributed by atoms with Crippen molar-refractivity contribution in [2.45, 2.75) is 58.1 Å². The van der Waals surface area contributed by atoms with E-state index in [1.807, 2.05) is 13.8 Å². The van der Waals surface area contributed by atoms with E-state index >= 15 is 0 Å². The summed E-state index contributed by atoms with van der Waals surface area (Å²) in [7, 11) is 4.65. The molecule has 0 radical (unpaired) electrons. The maximum atomic E-state index is 13.0. The van der Waals surface area contributed by atoms with Gasteiger partial charge < -0.3 is 63.9 Å². The Hall–Kier alpha value is -3.17. The fourth-order valence-corrected chi connectivity index (χ4v) is 4.26. The van der Waals surface area contributed by atoms with E-state index in [0.717, 1.165) is 12.8 Å². The van der Waals surface area contributed by atoms with Crippen LogP contribution in [0.2, 0.25) is 0 Å². The summed E-state index contributed by atoms with van der Waals surface area (Å²) < 4.78 is 47.7. The zero-order valence-electron chi connectivity index (χ0n) is 33.1. The number of amides is 5. The summed E-state index contributed by atoms with van der Waals surface area (Å²) in [6.45, 7) is 8.27. The lowest BCUT2D eigenvalue weighted by Crippen LogP contribution is -2.48. The van der Waals surface area contributed by atoms with Crippen LogP contribution in [0.1, 0.15) is 46.0 Å². The molecule has 4 N–H and O–H groups in total. The lowest BCUT2D eigenvalue weighted by Gasteiger charge is -2.23. The fraction of sp³-hybridized carbons (Fsp3) is 0.857. The number of ether oxygens (including phenoxy) is 9. The average Bonchev–Trinajstić information content (AvgIpc) is 3.16. The third kappa shape index (κ3) is 30.2. The molecule has 2 unspecified atom stereocenters. The van der Waals surface area contributed by atoms with E-state index in [4.69, 9.17) is 42.6 Å². The number of hydrogen-bond acceptors (Lipinski definition) is 14. The van der Waals surface area contributed by atoms with Crippen LogP contribution in [0.3, 0.4) is 0 Å². The van der Waals surface area contributed by atoms with E-state index in [2.05, 4.69) is 21.3 Å². The molecule has 0 aliphatic carbocycles. The molecule has 5 amide bonds. The van der Waals surface area contributed by atoms with Gasteiger partial charge in [-0.2, -0.15) is 0 Å². The number of rotatable bonds is 37. The maximum absolute atomic E-state index is 13.0. The predicted molar refractivity (Wildman–Crippen MR) is 197 cm³/mol. The highest BCUT2D eigenvalue weighted by atomic mass is 16.6. The molecule has 54 heavy (non-hydrogen) atoms. The SMILES string of the molecule is CCCOCC(CNC(=O)CN(CCOCCOC)C(=O)OCCC(=O)NC(CCC(=O)NCCOCCOC)C(=O)NCCOCCOC)OCCC. The van der Waals surface area contributed by atoms with Crippen molar-refractivity contribution in [3.05, 3.63) is 0 Å². The van der Waals surface area contributed by atoms with Crippen LogP contribution < -0.4 is 21.3 Å². The minimum Gasteiger partial charge on any atom is -0.449 e. The molecule has 316 valence electrons. The third-order valence-corrected chi connectivity index (χ3v) is 7.11. The van der Waals surface area contributed by atoms with Gasteiger partial charge in [0.2, 0.25) is 23.6 Å². The van der Waals surface area contributed by atoms with E-state index in [0.29, 0.717) is 66.1 Å². The van der Waals surface area contributed by atoms with Gasteiger partial charge in [-0.1, -0.05) is 13.8 Å². The zero-order chi connectivity index (χ0) is 40.1. The van der Waals surface area contributed by atoms with Gasteiger partial charge in [0.25, 0.3) is 0 Å². The van der Waals surface area contributed by atoms with Crippen LogP contribution in [-0.2, 0) is 61.8 Å². The van der Waals surface area contributed by atoms with Crippen molar-refractivity contribution in [1.29, 1.82) is 0 Å². The number of nitrogens with one attached hydrogen (secondary N) is 4. The fourth-order valence-electron chi connectivity index (χ4n) is 4.26. The largest absolute Gasteiger partial charge is 0.449 e. The van der Waals surface area contributed by atoms with Gasteiger partial charge in [-0.05, 0) is 19.3 Å². The summed E-state index contributed by atoms with van der Waals surface area (Å²) in [6.07, 6.45) is 0.170. The summed E-state index contributed by atoms with van der Waals surface area (Å²) in [4.78, 5) is 65.3. The van der Waals surface area contributed by atoms with Gasteiger partial charge >= 0.3 is 6.09 Å². The number of nitrogens with zero attached hydrogens (tertiary/aromatic N) is 1. The highest BCUT2D eigenvalue weighted by molar-refractivity contribution is 5.88. The Kier molecular flexibility index (Phi) is 34.6. The first-order valence-electron chi connectivity index (χ1n) is 18.6. The molecule has 19 nitrogen and oxygen atoms in total. The standard InChI is InChI=1S/C35H67N5O14/c1-6-14-52-28-29(53-15-7-2)26-38-33(43)27-40(13-19-51-25-22-48-5)35(45)54-16-10-32(42)39-30(34(44)37-12-18-50-24-21-47-4)8-9-31(41)36-11-17-49-23-20-46-3/h29-30H,6-28H2,1-5H3,(H,36,41)(H,37,44)(H,38,43)(H,39,42). The number of carbonyl (C=O) groups excluding carboxylic acids is 5. The van der Waals surface area contributed by atoms with Crippen molar-refractivity contribution in [3.8, 4) is 0 Å². The monoisotopic (exact) mass is 781 g/mol. The molecule has 0 heterocycles. The Morgan fingerprint density at radius 2 is 1.20 bits per heavy atom. The van der Waals surface area contributed by atoms with Crippen LogP contribution in [0, 0.1) is 0 Å². The lowest BCUT2D eigenvalue weighted by atomic mass is 10.1. The second kappa shape index (κ2) is 36.8. The molecule has 0 bridgehead atoms. The summed E-state index contributed by atoms with van der Waals surface area (Å²) >= 11 is 0. The van der Waals surface area contributed by atoms with E-state index in [1.165, 1.54) is 12.0 Å². The summed E-state index contributed by atoms with van der Waals surface area (Å²) in [5.74, 6) is -1.85. The van der Waals surface area contributed by atoms with E-state index < -0.39 is 29.9 Å². The molecule has 0 fully saturated rings. The van der Waals surface area contributed by atoms with Crippen molar-refractivity contribution >= 4 is 29.7 Å². The third-order valence-electron chi connectivity index (χ3n) is 7.11. The molecule has 2 atom stereocenters. The normalized spacial score (nSPS) is 12.1. The minimum absolute atomic E-state index is 0.0132. The number of hydrogen-bond donors (Lipinski definition) is 4. The van der Waals surface area contributed by atoms with Crippen molar-refractivity contribution in [3.63, 3.8) is 0 Å². The average molecular weight is 782 g/mol. The Bertz CT molecular complexity index is 981. The summed E-state index contributed by atoms with van der Waals surface area (Å²) in [5.41, 5.74) is 0. The molecule has 0 aliphatic heterocycles. The summed E-state index contributed by atoms with van der Waals surface area (Å²) in [5, 5.41) is 10.8.